The molecule has 0 unspecified atom stereocenters. The molecule has 2 aromatic rings. The summed E-state index contributed by atoms with van der Waals surface area (Å²) in [4.78, 5) is 4.65. The fourth-order valence-corrected chi connectivity index (χ4v) is 2.15. The van der Waals surface area contributed by atoms with Gasteiger partial charge in [0.2, 0.25) is 0 Å². The largest absolute Gasteiger partial charge is 0.357 e. The van der Waals surface area contributed by atoms with Gasteiger partial charge < -0.3 is 19.8 Å². The van der Waals surface area contributed by atoms with E-state index in [0.29, 0.717) is 13.1 Å². The summed E-state index contributed by atoms with van der Waals surface area (Å²) < 4.78 is 4.01. The Morgan fingerprint density at radius 2 is 2.04 bits per heavy atom. The molecule has 134 valence electrons. The lowest BCUT2D eigenvalue weighted by Gasteiger charge is -2.12. The number of aryl methyl sites for hydroxylation is 2. The summed E-state index contributed by atoms with van der Waals surface area (Å²) in [6, 6.07) is 2.08. The monoisotopic (exact) mass is 445 g/mol. The molecule has 0 fully saturated rings. The number of hydrogen-bond donors (Lipinski definition) is 2. The summed E-state index contributed by atoms with van der Waals surface area (Å²) in [6.07, 6.45) is 6.39. The molecule has 2 rings (SSSR count). The van der Waals surface area contributed by atoms with E-state index in [-0.39, 0.29) is 24.0 Å². The Balaban J connectivity index is 0.00000288. The highest BCUT2D eigenvalue weighted by atomic mass is 127. The Morgan fingerprint density at radius 3 is 2.62 bits per heavy atom. The van der Waals surface area contributed by atoms with E-state index in [4.69, 9.17) is 0 Å². The molecule has 8 heteroatoms. The Morgan fingerprint density at radius 1 is 1.25 bits per heavy atom. The predicted molar refractivity (Wildman–Crippen MR) is 107 cm³/mol. The average molecular weight is 445 g/mol. The number of nitrogens with zero attached hydrogens (tertiary/aromatic N) is 5. The second kappa shape index (κ2) is 10.3. The molecular formula is C16H28IN7. The van der Waals surface area contributed by atoms with Gasteiger partial charge in [0.15, 0.2) is 11.8 Å². The van der Waals surface area contributed by atoms with E-state index in [2.05, 4.69) is 45.0 Å². The summed E-state index contributed by atoms with van der Waals surface area (Å²) in [6.45, 7) is 6.29. The molecule has 0 bridgehead atoms. The summed E-state index contributed by atoms with van der Waals surface area (Å²) in [5.74, 6) is 2.61. The van der Waals surface area contributed by atoms with Gasteiger partial charge in [0.25, 0.3) is 0 Å². The van der Waals surface area contributed by atoms with E-state index in [1.54, 1.807) is 0 Å². The van der Waals surface area contributed by atoms with Crippen molar-refractivity contribution in [2.45, 2.75) is 39.8 Å². The second-order valence-corrected chi connectivity index (χ2v) is 5.71. The quantitative estimate of drug-likeness (QED) is 0.297. The SMILES string of the molecule is CCCCNC(=NCc1ccn(C)c1)NCc1nnc(C)n1C.I. The minimum atomic E-state index is 0. The first-order valence-electron chi connectivity index (χ1n) is 8.08. The highest BCUT2D eigenvalue weighted by molar-refractivity contribution is 14.0. The van der Waals surface area contributed by atoms with Gasteiger partial charge in [-0.1, -0.05) is 13.3 Å². The van der Waals surface area contributed by atoms with Gasteiger partial charge in [0, 0.05) is 33.0 Å². The van der Waals surface area contributed by atoms with Crippen LogP contribution in [0.3, 0.4) is 0 Å². The van der Waals surface area contributed by atoms with Crippen molar-refractivity contribution in [3.63, 3.8) is 0 Å². The van der Waals surface area contributed by atoms with Gasteiger partial charge in [-0.25, -0.2) is 4.99 Å². The highest BCUT2D eigenvalue weighted by Gasteiger charge is 2.06. The lowest BCUT2D eigenvalue weighted by Crippen LogP contribution is -2.38. The first kappa shape index (κ1) is 20.5. The molecule has 0 saturated heterocycles. The normalized spacial score (nSPS) is 11.2. The predicted octanol–water partition coefficient (Wildman–Crippen LogP) is 2.12. The van der Waals surface area contributed by atoms with Crippen molar-refractivity contribution in [2.75, 3.05) is 6.54 Å². The third-order valence-electron chi connectivity index (χ3n) is 3.73. The van der Waals surface area contributed by atoms with E-state index in [9.17, 15) is 0 Å². The molecule has 2 heterocycles. The van der Waals surface area contributed by atoms with Gasteiger partial charge in [0.1, 0.15) is 5.82 Å². The van der Waals surface area contributed by atoms with Crippen LogP contribution in [0.1, 0.15) is 37.0 Å². The van der Waals surface area contributed by atoms with Gasteiger partial charge >= 0.3 is 0 Å². The van der Waals surface area contributed by atoms with Gasteiger partial charge in [0.05, 0.1) is 13.1 Å². The third kappa shape index (κ3) is 6.14. The zero-order chi connectivity index (χ0) is 16.7. The number of halogens is 1. The first-order chi connectivity index (χ1) is 11.1. The third-order valence-corrected chi connectivity index (χ3v) is 3.73. The zero-order valence-electron chi connectivity index (χ0n) is 14.9. The molecule has 7 nitrogen and oxygen atoms in total. The van der Waals surface area contributed by atoms with Crippen molar-refractivity contribution in [3.8, 4) is 0 Å². The van der Waals surface area contributed by atoms with Gasteiger partial charge in [-0.05, 0) is 25.0 Å². The second-order valence-electron chi connectivity index (χ2n) is 5.71. The standard InChI is InChI=1S/C16H27N7.HI/c1-5-6-8-17-16(18-10-14-7-9-22(3)12-14)19-11-15-21-20-13(2)23(15)4;/h7,9,12H,5-6,8,10-11H2,1-4H3,(H2,17,18,19);1H. The summed E-state index contributed by atoms with van der Waals surface area (Å²) in [7, 11) is 3.99. The fraction of sp³-hybridized carbons (Fsp3) is 0.562. The molecule has 0 aromatic carbocycles. The summed E-state index contributed by atoms with van der Waals surface area (Å²) in [5, 5.41) is 14.9. The number of hydrogen-bond acceptors (Lipinski definition) is 3. The lowest BCUT2D eigenvalue weighted by molar-refractivity contribution is 0.695. The lowest BCUT2D eigenvalue weighted by atomic mass is 10.3. The van der Waals surface area contributed by atoms with E-state index in [1.165, 1.54) is 5.56 Å². The van der Waals surface area contributed by atoms with Crippen LogP contribution < -0.4 is 10.6 Å². The molecule has 0 aliphatic rings. The molecule has 24 heavy (non-hydrogen) atoms. The fourth-order valence-electron chi connectivity index (χ4n) is 2.15. The first-order valence-corrected chi connectivity index (χ1v) is 8.08. The summed E-state index contributed by atoms with van der Waals surface area (Å²) in [5.41, 5.74) is 1.19. The molecule has 0 amide bonds. The number of unbranched alkanes of at least 4 members (excludes halogenated alkanes) is 1. The minimum absolute atomic E-state index is 0. The van der Waals surface area contributed by atoms with Crippen LogP contribution in [0.2, 0.25) is 0 Å². The zero-order valence-corrected chi connectivity index (χ0v) is 17.2. The molecule has 0 aliphatic heterocycles. The number of aliphatic imine (C=N–C) groups is 1. The van der Waals surface area contributed by atoms with E-state index in [0.717, 1.165) is 37.0 Å². The molecule has 0 saturated carbocycles. The van der Waals surface area contributed by atoms with Crippen LogP contribution in [0.15, 0.2) is 23.5 Å². The van der Waals surface area contributed by atoms with Crippen molar-refractivity contribution >= 4 is 29.9 Å². The number of aromatic nitrogens is 4. The van der Waals surface area contributed by atoms with Gasteiger partial charge in [-0.15, -0.1) is 34.2 Å². The molecule has 2 aromatic heterocycles. The Kier molecular flexibility index (Phi) is 8.80. The van der Waals surface area contributed by atoms with E-state index < -0.39 is 0 Å². The average Bonchev–Trinajstić information content (AvgIpc) is 3.09. The highest BCUT2D eigenvalue weighted by Crippen LogP contribution is 2.01. The van der Waals surface area contributed by atoms with Crippen LogP contribution in [0.4, 0.5) is 0 Å². The van der Waals surface area contributed by atoms with Crippen LogP contribution in [0.5, 0.6) is 0 Å². The van der Waals surface area contributed by atoms with Crippen LogP contribution >= 0.6 is 24.0 Å². The van der Waals surface area contributed by atoms with Crippen LogP contribution in [-0.4, -0.2) is 31.8 Å². The van der Waals surface area contributed by atoms with Crippen molar-refractivity contribution in [1.29, 1.82) is 0 Å². The smallest absolute Gasteiger partial charge is 0.191 e. The van der Waals surface area contributed by atoms with Crippen molar-refractivity contribution in [1.82, 2.24) is 30.0 Å². The summed E-state index contributed by atoms with van der Waals surface area (Å²) >= 11 is 0. The van der Waals surface area contributed by atoms with Crippen LogP contribution in [-0.2, 0) is 27.2 Å². The minimum Gasteiger partial charge on any atom is -0.357 e. The molecular weight excluding hydrogens is 417 g/mol. The molecule has 2 N–H and O–H groups in total. The van der Waals surface area contributed by atoms with Crippen LogP contribution in [0, 0.1) is 6.92 Å². The topological polar surface area (TPSA) is 72.1 Å². The number of guanidine groups is 1. The Hall–Kier alpha value is -1.58. The van der Waals surface area contributed by atoms with Crippen molar-refractivity contribution < 1.29 is 0 Å². The van der Waals surface area contributed by atoms with Crippen molar-refractivity contribution in [3.05, 3.63) is 35.7 Å². The Labute approximate surface area is 161 Å². The molecule has 0 aliphatic carbocycles. The maximum Gasteiger partial charge on any atom is 0.191 e. The van der Waals surface area contributed by atoms with Crippen LogP contribution in [0.25, 0.3) is 0 Å². The molecule has 0 radical (unpaired) electrons. The number of rotatable bonds is 7. The molecule has 0 atom stereocenters. The Bertz CT molecular complexity index is 645. The number of nitrogens with one attached hydrogen (secondary N) is 2. The molecule has 0 spiro atoms. The van der Waals surface area contributed by atoms with Crippen molar-refractivity contribution in [2.24, 2.45) is 19.1 Å². The van der Waals surface area contributed by atoms with E-state index in [1.807, 2.05) is 36.4 Å². The maximum absolute atomic E-state index is 4.65. The van der Waals surface area contributed by atoms with Gasteiger partial charge in [-0.3, -0.25) is 0 Å². The van der Waals surface area contributed by atoms with E-state index >= 15 is 0 Å². The maximum atomic E-state index is 4.65. The van der Waals surface area contributed by atoms with Gasteiger partial charge in [-0.2, -0.15) is 0 Å².